The third-order valence-corrected chi connectivity index (χ3v) is 5.80. The summed E-state index contributed by atoms with van der Waals surface area (Å²) in [5, 5.41) is 12.5. The summed E-state index contributed by atoms with van der Waals surface area (Å²) in [7, 11) is 0. The van der Waals surface area contributed by atoms with E-state index in [2.05, 4.69) is 5.32 Å². The van der Waals surface area contributed by atoms with Crippen LogP contribution in [0.2, 0.25) is 0 Å². The number of benzene rings is 1. The van der Waals surface area contributed by atoms with Gasteiger partial charge in [-0.15, -0.1) is 0 Å². The first-order valence-corrected chi connectivity index (χ1v) is 9.75. The number of amides is 1. The summed E-state index contributed by atoms with van der Waals surface area (Å²) in [6.45, 7) is 1.64. The van der Waals surface area contributed by atoms with E-state index in [-0.39, 0.29) is 17.9 Å². The molecule has 2 fully saturated rings. The van der Waals surface area contributed by atoms with Gasteiger partial charge in [0.25, 0.3) is 5.91 Å². The molecule has 0 radical (unpaired) electrons. The highest BCUT2D eigenvalue weighted by Gasteiger charge is 2.26. The number of carboxylic acid groups (broad SMARTS) is 1. The van der Waals surface area contributed by atoms with Crippen LogP contribution in [0.4, 0.5) is 5.69 Å². The molecule has 0 unspecified atom stereocenters. The Morgan fingerprint density at radius 1 is 1.12 bits per heavy atom. The van der Waals surface area contributed by atoms with E-state index < -0.39 is 5.97 Å². The maximum atomic E-state index is 12.6. The number of nitrogens with one attached hydrogen (secondary N) is 1. The van der Waals surface area contributed by atoms with E-state index in [1.54, 1.807) is 0 Å². The maximum absolute atomic E-state index is 12.6. The molecule has 1 saturated carbocycles. The van der Waals surface area contributed by atoms with Gasteiger partial charge in [0.1, 0.15) is 0 Å². The monoisotopic (exact) mass is 348 g/mol. The Balaban J connectivity index is 1.59. The van der Waals surface area contributed by atoms with Gasteiger partial charge in [0, 0.05) is 41.9 Å². The molecule has 1 saturated heterocycles. The summed E-state index contributed by atoms with van der Waals surface area (Å²) in [4.78, 5) is 25.5. The van der Waals surface area contributed by atoms with Gasteiger partial charge in [-0.2, -0.15) is 11.8 Å². The summed E-state index contributed by atoms with van der Waals surface area (Å²) in [6, 6.07) is 7.98. The van der Waals surface area contributed by atoms with E-state index in [1.165, 1.54) is 0 Å². The van der Waals surface area contributed by atoms with Gasteiger partial charge in [0.05, 0.1) is 5.92 Å². The van der Waals surface area contributed by atoms with E-state index in [4.69, 9.17) is 5.11 Å². The Kier molecular flexibility index (Phi) is 5.66. The fourth-order valence-corrected chi connectivity index (χ4v) is 4.31. The van der Waals surface area contributed by atoms with Gasteiger partial charge in [0.15, 0.2) is 0 Å². The zero-order valence-corrected chi connectivity index (χ0v) is 14.6. The Labute approximate surface area is 146 Å². The number of thioether (sulfide) groups is 1. The van der Waals surface area contributed by atoms with Crippen LogP contribution < -0.4 is 5.32 Å². The third kappa shape index (κ3) is 4.23. The number of hydrogen-bond acceptors (Lipinski definition) is 4. The lowest BCUT2D eigenvalue weighted by Crippen LogP contribution is -2.37. The lowest BCUT2D eigenvalue weighted by Gasteiger charge is -2.28. The van der Waals surface area contributed by atoms with E-state index in [0.29, 0.717) is 0 Å². The number of anilines is 1. The zero-order chi connectivity index (χ0) is 16.9. The van der Waals surface area contributed by atoms with Crippen molar-refractivity contribution in [3.63, 3.8) is 0 Å². The average Bonchev–Trinajstić information content (AvgIpc) is 2.62. The maximum Gasteiger partial charge on any atom is 0.306 e. The molecule has 0 bridgehead atoms. The average molecular weight is 348 g/mol. The SMILES string of the molecule is O=C(O)C1CCC(Nc2cccc(C(=O)N3CCSCC3)c2)CC1. The third-order valence-electron chi connectivity index (χ3n) is 4.86. The highest BCUT2D eigenvalue weighted by molar-refractivity contribution is 7.99. The molecule has 1 aliphatic carbocycles. The number of aliphatic carboxylic acids is 1. The number of hydrogen-bond donors (Lipinski definition) is 2. The largest absolute Gasteiger partial charge is 0.481 e. The van der Waals surface area contributed by atoms with Crippen molar-refractivity contribution in [2.45, 2.75) is 31.7 Å². The van der Waals surface area contributed by atoms with E-state index in [1.807, 2.05) is 40.9 Å². The van der Waals surface area contributed by atoms with Crippen LogP contribution >= 0.6 is 11.8 Å². The van der Waals surface area contributed by atoms with Gasteiger partial charge < -0.3 is 15.3 Å². The quantitative estimate of drug-likeness (QED) is 0.875. The fourth-order valence-electron chi connectivity index (χ4n) is 3.41. The van der Waals surface area contributed by atoms with Crippen LogP contribution in [0, 0.1) is 5.92 Å². The normalized spacial score (nSPS) is 24.4. The molecule has 2 aliphatic rings. The predicted molar refractivity (Wildman–Crippen MR) is 96.7 cm³/mol. The van der Waals surface area contributed by atoms with Crippen LogP contribution in [0.1, 0.15) is 36.0 Å². The van der Waals surface area contributed by atoms with Crippen LogP contribution in [0.5, 0.6) is 0 Å². The zero-order valence-electron chi connectivity index (χ0n) is 13.7. The van der Waals surface area contributed by atoms with Crippen molar-refractivity contribution < 1.29 is 14.7 Å². The molecule has 1 aromatic rings. The molecule has 1 heterocycles. The van der Waals surface area contributed by atoms with E-state index in [9.17, 15) is 9.59 Å². The van der Waals surface area contributed by atoms with Gasteiger partial charge in [-0.3, -0.25) is 9.59 Å². The van der Waals surface area contributed by atoms with Crippen LogP contribution in [0.15, 0.2) is 24.3 Å². The Morgan fingerprint density at radius 3 is 2.50 bits per heavy atom. The van der Waals surface area contributed by atoms with Crippen molar-refractivity contribution in [2.75, 3.05) is 29.9 Å². The van der Waals surface area contributed by atoms with Crippen molar-refractivity contribution in [1.29, 1.82) is 0 Å². The number of carboxylic acids is 1. The second-order valence-electron chi connectivity index (χ2n) is 6.52. The minimum absolute atomic E-state index is 0.105. The molecule has 5 nitrogen and oxygen atoms in total. The minimum Gasteiger partial charge on any atom is -0.481 e. The smallest absolute Gasteiger partial charge is 0.306 e. The van der Waals surface area contributed by atoms with Crippen molar-refractivity contribution in [1.82, 2.24) is 4.90 Å². The Bertz CT molecular complexity index is 594. The van der Waals surface area contributed by atoms with Crippen molar-refractivity contribution in [2.24, 2.45) is 5.92 Å². The second kappa shape index (κ2) is 7.92. The van der Waals surface area contributed by atoms with Gasteiger partial charge in [0.2, 0.25) is 0 Å². The first-order valence-electron chi connectivity index (χ1n) is 8.60. The molecular formula is C18H24N2O3S. The molecule has 130 valence electrons. The van der Waals surface area contributed by atoms with Gasteiger partial charge in [-0.05, 0) is 43.9 Å². The standard InChI is InChI=1S/C18H24N2O3S/c21-17(20-8-10-24-11-9-20)14-2-1-3-16(12-14)19-15-6-4-13(5-7-15)18(22)23/h1-3,12-13,15,19H,4-11H2,(H,22,23). The van der Waals surface area contributed by atoms with Gasteiger partial charge in [-0.25, -0.2) is 0 Å². The molecular weight excluding hydrogens is 324 g/mol. The molecule has 1 aromatic carbocycles. The van der Waals surface area contributed by atoms with Gasteiger partial charge in [-0.1, -0.05) is 6.07 Å². The highest BCUT2D eigenvalue weighted by atomic mass is 32.2. The summed E-state index contributed by atoms with van der Waals surface area (Å²) in [5.41, 5.74) is 1.68. The number of rotatable bonds is 4. The summed E-state index contributed by atoms with van der Waals surface area (Å²) in [5.74, 6) is 1.25. The highest BCUT2D eigenvalue weighted by Crippen LogP contribution is 2.27. The second-order valence-corrected chi connectivity index (χ2v) is 7.74. The van der Waals surface area contributed by atoms with Crippen molar-refractivity contribution >= 4 is 29.3 Å². The van der Waals surface area contributed by atoms with Crippen LogP contribution in [-0.2, 0) is 4.79 Å². The van der Waals surface area contributed by atoms with E-state index >= 15 is 0 Å². The molecule has 0 atom stereocenters. The van der Waals surface area contributed by atoms with Crippen LogP contribution in [-0.4, -0.2) is 52.5 Å². The molecule has 0 spiro atoms. The molecule has 24 heavy (non-hydrogen) atoms. The summed E-state index contributed by atoms with van der Waals surface area (Å²) in [6.07, 6.45) is 3.16. The van der Waals surface area contributed by atoms with E-state index in [0.717, 1.165) is 61.5 Å². The lowest BCUT2D eigenvalue weighted by atomic mass is 9.86. The molecule has 1 aliphatic heterocycles. The first kappa shape index (κ1) is 17.1. The van der Waals surface area contributed by atoms with Crippen molar-refractivity contribution in [3.05, 3.63) is 29.8 Å². The summed E-state index contributed by atoms with van der Waals surface area (Å²) >= 11 is 1.89. The molecule has 2 N–H and O–H groups in total. The first-order chi connectivity index (χ1) is 11.6. The number of carbonyl (C=O) groups excluding carboxylic acids is 1. The Morgan fingerprint density at radius 2 is 1.83 bits per heavy atom. The van der Waals surface area contributed by atoms with Gasteiger partial charge >= 0.3 is 5.97 Å². The topological polar surface area (TPSA) is 69.6 Å². The Hall–Kier alpha value is -1.69. The molecule has 0 aromatic heterocycles. The molecule has 3 rings (SSSR count). The molecule has 1 amide bonds. The van der Waals surface area contributed by atoms with Crippen molar-refractivity contribution in [3.8, 4) is 0 Å². The minimum atomic E-state index is -0.680. The molecule has 6 heteroatoms. The number of carbonyl (C=O) groups is 2. The predicted octanol–water partition coefficient (Wildman–Crippen LogP) is 2.93. The fraction of sp³-hybridized carbons (Fsp3) is 0.556. The lowest BCUT2D eigenvalue weighted by molar-refractivity contribution is -0.142. The number of nitrogens with zero attached hydrogens (tertiary/aromatic N) is 1. The van der Waals surface area contributed by atoms with Crippen LogP contribution in [0.3, 0.4) is 0 Å². The van der Waals surface area contributed by atoms with Crippen LogP contribution in [0.25, 0.3) is 0 Å². The summed E-state index contributed by atoms with van der Waals surface area (Å²) < 4.78 is 0.